The first-order chi connectivity index (χ1) is 13.1. The van der Waals surface area contributed by atoms with Crippen molar-refractivity contribution in [1.82, 2.24) is 15.1 Å². The van der Waals surface area contributed by atoms with Crippen LogP contribution in [0.15, 0.2) is 59.0 Å². The molecule has 0 aliphatic carbocycles. The van der Waals surface area contributed by atoms with Crippen LogP contribution in [-0.4, -0.2) is 46.3 Å². The lowest BCUT2D eigenvalue weighted by atomic mass is 10.1. The fourth-order valence-electron chi connectivity index (χ4n) is 3.32. The Balaban J connectivity index is 1.51. The number of carbonyl (C=O) groups is 1. The zero-order valence-electron chi connectivity index (χ0n) is 15.3. The molecule has 3 aromatic rings. The standard InChI is InChI=1S/C21H21N3O3/c1-14-12-24(13-15(2)26-14)21(25)18-10-8-17(9-11-18)20-23-22-19(27-20)16-6-4-3-5-7-16/h3-11,14-15H,12-13H2,1-2H3/t14-,15-/m1/s1. The van der Waals surface area contributed by atoms with E-state index < -0.39 is 0 Å². The van der Waals surface area contributed by atoms with Gasteiger partial charge in [0.05, 0.1) is 12.2 Å². The molecule has 1 aromatic heterocycles. The molecule has 1 aliphatic heterocycles. The summed E-state index contributed by atoms with van der Waals surface area (Å²) in [5.74, 6) is 0.919. The molecule has 2 aromatic carbocycles. The number of amides is 1. The third kappa shape index (κ3) is 3.75. The maximum absolute atomic E-state index is 12.7. The third-order valence-electron chi connectivity index (χ3n) is 4.53. The molecule has 0 unspecified atom stereocenters. The van der Waals surface area contributed by atoms with Gasteiger partial charge in [0.15, 0.2) is 0 Å². The van der Waals surface area contributed by atoms with E-state index in [1.165, 1.54) is 0 Å². The number of rotatable bonds is 3. The summed E-state index contributed by atoms with van der Waals surface area (Å²) in [7, 11) is 0. The molecule has 0 spiro atoms. The summed E-state index contributed by atoms with van der Waals surface area (Å²) in [6.45, 7) is 5.18. The lowest BCUT2D eigenvalue weighted by Gasteiger charge is -2.35. The van der Waals surface area contributed by atoms with Crippen molar-refractivity contribution in [1.29, 1.82) is 0 Å². The largest absolute Gasteiger partial charge is 0.416 e. The molecule has 2 atom stereocenters. The van der Waals surface area contributed by atoms with Crippen LogP contribution in [0.25, 0.3) is 22.9 Å². The Morgan fingerprint density at radius 1 is 0.889 bits per heavy atom. The van der Waals surface area contributed by atoms with E-state index in [9.17, 15) is 4.79 Å². The monoisotopic (exact) mass is 363 g/mol. The first-order valence-electron chi connectivity index (χ1n) is 9.04. The molecular weight excluding hydrogens is 342 g/mol. The second kappa shape index (κ2) is 7.32. The molecule has 0 saturated carbocycles. The Kier molecular flexibility index (Phi) is 4.73. The van der Waals surface area contributed by atoms with Crippen molar-refractivity contribution in [2.24, 2.45) is 0 Å². The highest BCUT2D eigenvalue weighted by molar-refractivity contribution is 5.94. The molecule has 6 nitrogen and oxygen atoms in total. The van der Waals surface area contributed by atoms with Gasteiger partial charge in [-0.05, 0) is 50.2 Å². The molecule has 6 heteroatoms. The smallest absolute Gasteiger partial charge is 0.254 e. The van der Waals surface area contributed by atoms with Gasteiger partial charge in [-0.3, -0.25) is 4.79 Å². The fourth-order valence-corrected chi connectivity index (χ4v) is 3.32. The van der Waals surface area contributed by atoms with E-state index in [1.807, 2.05) is 61.2 Å². The number of nitrogens with zero attached hydrogens (tertiary/aromatic N) is 3. The summed E-state index contributed by atoms with van der Waals surface area (Å²) in [6.07, 6.45) is 0.0959. The summed E-state index contributed by atoms with van der Waals surface area (Å²) < 4.78 is 11.5. The number of hydrogen-bond donors (Lipinski definition) is 0. The van der Waals surface area contributed by atoms with E-state index in [0.717, 1.165) is 11.1 Å². The Bertz CT molecular complexity index is 911. The second-order valence-corrected chi connectivity index (χ2v) is 6.82. The van der Waals surface area contributed by atoms with Crippen LogP contribution >= 0.6 is 0 Å². The minimum Gasteiger partial charge on any atom is -0.416 e. The van der Waals surface area contributed by atoms with Crippen LogP contribution in [0.4, 0.5) is 0 Å². The molecule has 1 fully saturated rings. The summed E-state index contributed by atoms with van der Waals surface area (Å²) in [5, 5.41) is 8.22. The number of morpholine rings is 1. The molecule has 1 aliphatic rings. The Labute approximate surface area is 157 Å². The number of ether oxygens (including phenoxy) is 1. The van der Waals surface area contributed by atoms with Crippen molar-refractivity contribution in [3.05, 3.63) is 60.2 Å². The first kappa shape index (κ1) is 17.4. The Morgan fingerprint density at radius 3 is 2.04 bits per heavy atom. The molecule has 0 radical (unpaired) electrons. The van der Waals surface area contributed by atoms with Crippen molar-refractivity contribution < 1.29 is 13.9 Å². The lowest BCUT2D eigenvalue weighted by molar-refractivity contribution is -0.0586. The molecule has 2 heterocycles. The second-order valence-electron chi connectivity index (χ2n) is 6.82. The van der Waals surface area contributed by atoms with E-state index in [4.69, 9.17) is 9.15 Å². The van der Waals surface area contributed by atoms with Gasteiger partial charge in [-0.15, -0.1) is 10.2 Å². The van der Waals surface area contributed by atoms with Crippen LogP contribution < -0.4 is 0 Å². The van der Waals surface area contributed by atoms with Gasteiger partial charge in [0.25, 0.3) is 5.91 Å². The van der Waals surface area contributed by atoms with E-state index in [2.05, 4.69) is 10.2 Å². The van der Waals surface area contributed by atoms with E-state index in [0.29, 0.717) is 30.4 Å². The van der Waals surface area contributed by atoms with Crippen LogP contribution in [0.3, 0.4) is 0 Å². The predicted octanol–water partition coefficient (Wildman–Crippen LogP) is 3.65. The van der Waals surface area contributed by atoms with Gasteiger partial charge < -0.3 is 14.1 Å². The lowest BCUT2D eigenvalue weighted by Crippen LogP contribution is -2.48. The van der Waals surface area contributed by atoms with Gasteiger partial charge in [0.1, 0.15) is 0 Å². The van der Waals surface area contributed by atoms with Crippen LogP contribution in [0.5, 0.6) is 0 Å². The topological polar surface area (TPSA) is 68.5 Å². The number of carbonyl (C=O) groups excluding carboxylic acids is 1. The van der Waals surface area contributed by atoms with Gasteiger partial charge in [-0.2, -0.15) is 0 Å². The first-order valence-corrected chi connectivity index (χ1v) is 9.04. The van der Waals surface area contributed by atoms with Crippen LogP contribution in [-0.2, 0) is 4.74 Å². The maximum atomic E-state index is 12.7. The van der Waals surface area contributed by atoms with Crippen molar-refractivity contribution in [3.63, 3.8) is 0 Å². The van der Waals surface area contributed by atoms with Gasteiger partial charge in [-0.25, -0.2) is 0 Å². The number of hydrogen-bond acceptors (Lipinski definition) is 5. The minimum atomic E-state index is 0.0130. The van der Waals surface area contributed by atoms with Crippen molar-refractivity contribution >= 4 is 5.91 Å². The molecular formula is C21H21N3O3. The molecule has 4 rings (SSSR count). The maximum Gasteiger partial charge on any atom is 0.254 e. The average molecular weight is 363 g/mol. The fraction of sp³-hybridized carbons (Fsp3) is 0.286. The SMILES string of the molecule is C[C@@H]1CN(C(=O)c2ccc(-c3nnc(-c4ccccc4)o3)cc2)C[C@@H](C)O1. The Hall–Kier alpha value is -2.99. The number of benzene rings is 2. The molecule has 138 valence electrons. The van der Waals surface area contributed by atoms with E-state index in [-0.39, 0.29) is 18.1 Å². The van der Waals surface area contributed by atoms with E-state index >= 15 is 0 Å². The third-order valence-corrected chi connectivity index (χ3v) is 4.53. The molecule has 1 saturated heterocycles. The summed E-state index contributed by atoms with van der Waals surface area (Å²) in [6, 6.07) is 16.9. The predicted molar refractivity (Wildman–Crippen MR) is 101 cm³/mol. The van der Waals surface area contributed by atoms with Crippen molar-refractivity contribution in [3.8, 4) is 22.9 Å². The zero-order valence-corrected chi connectivity index (χ0v) is 15.3. The highest BCUT2D eigenvalue weighted by Crippen LogP contribution is 2.24. The Morgan fingerprint density at radius 2 is 1.44 bits per heavy atom. The molecule has 1 amide bonds. The minimum absolute atomic E-state index is 0.0130. The summed E-state index contributed by atoms with van der Waals surface area (Å²) in [5.41, 5.74) is 2.30. The number of aromatic nitrogens is 2. The zero-order chi connectivity index (χ0) is 18.8. The summed E-state index contributed by atoms with van der Waals surface area (Å²) in [4.78, 5) is 14.6. The molecule has 0 bridgehead atoms. The van der Waals surface area contributed by atoms with Gasteiger partial charge >= 0.3 is 0 Å². The highest BCUT2D eigenvalue weighted by Gasteiger charge is 2.26. The van der Waals surface area contributed by atoms with Gasteiger partial charge in [0.2, 0.25) is 11.8 Å². The van der Waals surface area contributed by atoms with Crippen LogP contribution in [0.1, 0.15) is 24.2 Å². The van der Waals surface area contributed by atoms with Crippen LogP contribution in [0, 0.1) is 0 Å². The van der Waals surface area contributed by atoms with Crippen LogP contribution in [0.2, 0.25) is 0 Å². The van der Waals surface area contributed by atoms with Gasteiger partial charge in [0, 0.05) is 29.8 Å². The van der Waals surface area contributed by atoms with Crippen molar-refractivity contribution in [2.75, 3.05) is 13.1 Å². The normalized spacial score (nSPS) is 19.9. The van der Waals surface area contributed by atoms with Gasteiger partial charge in [-0.1, -0.05) is 18.2 Å². The van der Waals surface area contributed by atoms with Crippen molar-refractivity contribution in [2.45, 2.75) is 26.1 Å². The highest BCUT2D eigenvalue weighted by atomic mass is 16.5. The summed E-state index contributed by atoms with van der Waals surface area (Å²) >= 11 is 0. The quantitative estimate of drug-likeness (QED) is 0.710. The van der Waals surface area contributed by atoms with E-state index in [1.54, 1.807) is 12.1 Å². The molecule has 0 N–H and O–H groups in total. The molecule has 27 heavy (non-hydrogen) atoms. The average Bonchev–Trinajstić information content (AvgIpc) is 3.18.